The maximum absolute atomic E-state index is 5.55. The van der Waals surface area contributed by atoms with E-state index in [2.05, 4.69) is 31.2 Å². The predicted molar refractivity (Wildman–Crippen MR) is 77.1 cm³/mol. The zero-order valence-electron chi connectivity index (χ0n) is 11.7. The molecule has 0 aliphatic carbocycles. The van der Waals surface area contributed by atoms with Gasteiger partial charge in [-0.25, -0.2) is 0 Å². The van der Waals surface area contributed by atoms with Crippen molar-refractivity contribution in [2.24, 2.45) is 0 Å². The van der Waals surface area contributed by atoms with Gasteiger partial charge in [0, 0.05) is 14.2 Å². The molecule has 0 saturated heterocycles. The fourth-order valence-electron chi connectivity index (χ4n) is 2.58. The Bertz CT molecular complexity index is 450. The average Bonchev–Trinajstić information content (AvgIpc) is 2.50. The van der Waals surface area contributed by atoms with Crippen molar-refractivity contribution in [1.82, 2.24) is 0 Å². The second-order valence-corrected chi connectivity index (χ2v) is 4.74. The number of hydrogen-bond acceptors (Lipinski definition) is 2. The smallest absolute Gasteiger partial charge is 0.170 e. The SMILES string of the molecule is COC(OC)C(C)(c1ccccc1)c1ccccc1. The molecule has 0 spiro atoms. The molecule has 2 nitrogen and oxygen atoms in total. The summed E-state index contributed by atoms with van der Waals surface area (Å²) < 4.78 is 11.1. The van der Waals surface area contributed by atoms with Gasteiger partial charge in [-0.3, -0.25) is 0 Å². The number of ether oxygens (including phenoxy) is 2. The summed E-state index contributed by atoms with van der Waals surface area (Å²) in [6.07, 6.45) is -0.336. The number of benzene rings is 2. The fraction of sp³-hybridized carbons (Fsp3) is 0.294. The van der Waals surface area contributed by atoms with Crippen LogP contribution < -0.4 is 0 Å². The van der Waals surface area contributed by atoms with Gasteiger partial charge in [-0.2, -0.15) is 0 Å². The molecular formula is C17H20O2. The van der Waals surface area contributed by atoms with Crippen LogP contribution in [0.25, 0.3) is 0 Å². The first-order valence-electron chi connectivity index (χ1n) is 6.40. The Morgan fingerprint density at radius 3 is 1.42 bits per heavy atom. The third-order valence-corrected chi connectivity index (χ3v) is 3.65. The molecule has 0 saturated carbocycles. The molecule has 2 heteroatoms. The Hall–Kier alpha value is -1.64. The normalized spacial score (nSPS) is 11.8. The topological polar surface area (TPSA) is 18.5 Å². The summed E-state index contributed by atoms with van der Waals surface area (Å²) in [6.45, 7) is 2.15. The summed E-state index contributed by atoms with van der Waals surface area (Å²) >= 11 is 0. The second-order valence-electron chi connectivity index (χ2n) is 4.74. The van der Waals surface area contributed by atoms with E-state index in [4.69, 9.17) is 9.47 Å². The lowest BCUT2D eigenvalue weighted by Crippen LogP contribution is -2.40. The molecular weight excluding hydrogens is 236 g/mol. The largest absolute Gasteiger partial charge is 0.355 e. The van der Waals surface area contributed by atoms with E-state index in [1.54, 1.807) is 14.2 Å². The highest BCUT2D eigenvalue weighted by Crippen LogP contribution is 2.36. The molecule has 0 atom stereocenters. The Morgan fingerprint density at radius 1 is 0.737 bits per heavy atom. The minimum Gasteiger partial charge on any atom is -0.355 e. The molecule has 0 bridgehead atoms. The number of rotatable bonds is 5. The van der Waals surface area contributed by atoms with Gasteiger partial charge in [-0.15, -0.1) is 0 Å². The highest BCUT2D eigenvalue weighted by molar-refractivity contribution is 5.39. The summed E-state index contributed by atoms with van der Waals surface area (Å²) in [4.78, 5) is 0. The Labute approximate surface area is 115 Å². The van der Waals surface area contributed by atoms with E-state index >= 15 is 0 Å². The highest BCUT2D eigenvalue weighted by atomic mass is 16.7. The molecule has 100 valence electrons. The Kier molecular flexibility index (Phi) is 4.35. The molecule has 2 rings (SSSR count). The zero-order valence-corrected chi connectivity index (χ0v) is 11.7. The molecule has 0 N–H and O–H groups in total. The van der Waals surface area contributed by atoms with Crippen molar-refractivity contribution in [3.8, 4) is 0 Å². The van der Waals surface area contributed by atoms with Gasteiger partial charge in [-0.05, 0) is 18.1 Å². The van der Waals surface area contributed by atoms with E-state index in [-0.39, 0.29) is 11.7 Å². The molecule has 0 aliphatic rings. The molecule has 0 amide bonds. The lowest BCUT2D eigenvalue weighted by atomic mass is 9.75. The first kappa shape index (κ1) is 13.8. The van der Waals surface area contributed by atoms with Crippen LogP contribution in [0.4, 0.5) is 0 Å². The van der Waals surface area contributed by atoms with Crippen molar-refractivity contribution in [3.63, 3.8) is 0 Å². The van der Waals surface area contributed by atoms with Crippen LogP contribution in [0.3, 0.4) is 0 Å². The molecule has 0 aromatic heterocycles. The van der Waals surface area contributed by atoms with E-state index in [1.165, 1.54) is 11.1 Å². The molecule has 2 aromatic carbocycles. The number of hydrogen-bond donors (Lipinski definition) is 0. The fourth-order valence-corrected chi connectivity index (χ4v) is 2.58. The first-order valence-corrected chi connectivity index (χ1v) is 6.40. The summed E-state index contributed by atoms with van der Waals surface area (Å²) in [6, 6.07) is 20.6. The van der Waals surface area contributed by atoms with E-state index < -0.39 is 0 Å². The second kappa shape index (κ2) is 6.00. The van der Waals surface area contributed by atoms with Crippen LogP contribution in [-0.4, -0.2) is 20.5 Å². The molecule has 2 aromatic rings. The van der Waals surface area contributed by atoms with Gasteiger partial charge in [0.2, 0.25) is 0 Å². The maximum atomic E-state index is 5.55. The van der Waals surface area contributed by atoms with Crippen molar-refractivity contribution >= 4 is 0 Å². The van der Waals surface area contributed by atoms with Gasteiger partial charge < -0.3 is 9.47 Å². The van der Waals surface area contributed by atoms with Crippen LogP contribution in [0, 0.1) is 0 Å². The Morgan fingerprint density at radius 2 is 1.11 bits per heavy atom. The van der Waals surface area contributed by atoms with Gasteiger partial charge in [0.25, 0.3) is 0 Å². The van der Waals surface area contributed by atoms with Crippen LogP contribution in [0.15, 0.2) is 60.7 Å². The quantitative estimate of drug-likeness (QED) is 0.761. The molecule has 0 unspecified atom stereocenters. The third-order valence-electron chi connectivity index (χ3n) is 3.65. The monoisotopic (exact) mass is 256 g/mol. The summed E-state index contributed by atoms with van der Waals surface area (Å²) in [5.41, 5.74) is 2.01. The first-order chi connectivity index (χ1) is 9.23. The predicted octanol–water partition coefficient (Wildman–Crippen LogP) is 3.61. The third kappa shape index (κ3) is 2.55. The lowest BCUT2D eigenvalue weighted by molar-refractivity contribution is -0.135. The molecule has 0 aliphatic heterocycles. The van der Waals surface area contributed by atoms with Crippen molar-refractivity contribution in [2.45, 2.75) is 18.6 Å². The lowest BCUT2D eigenvalue weighted by Gasteiger charge is -2.36. The van der Waals surface area contributed by atoms with E-state index in [0.29, 0.717) is 0 Å². The van der Waals surface area contributed by atoms with E-state index in [9.17, 15) is 0 Å². The minimum absolute atomic E-state index is 0.336. The highest BCUT2D eigenvalue weighted by Gasteiger charge is 2.38. The van der Waals surface area contributed by atoms with Crippen LogP contribution in [0.1, 0.15) is 18.1 Å². The van der Waals surface area contributed by atoms with Gasteiger partial charge in [0.15, 0.2) is 6.29 Å². The molecule has 0 radical (unpaired) electrons. The minimum atomic E-state index is -0.341. The molecule has 19 heavy (non-hydrogen) atoms. The van der Waals surface area contributed by atoms with Crippen LogP contribution >= 0.6 is 0 Å². The molecule has 0 fully saturated rings. The van der Waals surface area contributed by atoms with Crippen LogP contribution in [0.2, 0.25) is 0 Å². The van der Waals surface area contributed by atoms with Crippen molar-refractivity contribution in [3.05, 3.63) is 71.8 Å². The van der Waals surface area contributed by atoms with Crippen molar-refractivity contribution in [1.29, 1.82) is 0 Å². The van der Waals surface area contributed by atoms with Crippen LogP contribution in [-0.2, 0) is 14.9 Å². The van der Waals surface area contributed by atoms with Gasteiger partial charge in [0.05, 0.1) is 5.41 Å². The van der Waals surface area contributed by atoms with Gasteiger partial charge in [-0.1, -0.05) is 60.7 Å². The average molecular weight is 256 g/mol. The standard InChI is InChI=1S/C17H20O2/c1-17(16(18-2)19-3,14-10-6-4-7-11-14)15-12-8-5-9-13-15/h4-13,16H,1-3H3. The number of methoxy groups -OCH3 is 2. The van der Waals surface area contributed by atoms with Gasteiger partial charge in [0.1, 0.15) is 0 Å². The summed E-state index contributed by atoms with van der Waals surface area (Å²) in [7, 11) is 3.36. The zero-order chi connectivity index (χ0) is 13.7. The van der Waals surface area contributed by atoms with Crippen LogP contribution in [0.5, 0.6) is 0 Å². The van der Waals surface area contributed by atoms with E-state index in [0.717, 1.165) is 0 Å². The summed E-state index contributed by atoms with van der Waals surface area (Å²) in [5, 5.41) is 0. The summed E-state index contributed by atoms with van der Waals surface area (Å²) in [5.74, 6) is 0. The van der Waals surface area contributed by atoms with Crippen molar-refractivity contribution < 1.29 is 9.47 Å². The molecule has 0 heterocycles. The van der Waals surface area contributed by atoms with Crippen molar-refractivity contribution in [2.75, 3.05) is 14.2 Å². The maximum Gasteiger partial charge on any atom is 0.170 e. The van der Waals surface area contributed by atoms with Gasteiger partial charge >= 0.3 is 0 Å². The Balaban J connectivity index is 2.57. The van der Waals surface area contributed by atoms with E-state index in [1.807, 2.05) is 36.4 Å².